The van der Waals surface area contributed by atoms with Crippen molar-refractivity contribution in [3.63, 3.8) is 0 Å². The van der Waals surface area contributed by atoms with E-state index >= 15 is 0 Å². The summed E-state index contributed by atoms with van der Waals surface area (Å²) >= 11 is 1.40. The predicted molar refractivity (Wildman–Crippen MR) is 88.6 cm³/mol. The molecule has 23 heavy (non-hydrogen) atoms. The van der Waals surface area contributed by atoms with Gasteiger partial charge in [-0.3, -0.25) is 14.8 Å². The molecule has 1 aromatic carbocycles. The lowest BCUT2D eigenvalue weighted by Gasteiger charge is -2.12. The molecule has 0 radical (unpaired) electrons. The van der Waals surface area contributed by atoms with Gasteiger partial charge in [-0.05, 0) is 12.1 Å². The van der Waals surface area contributed by atoms with Gasteiger partial charge in [-0.1, -0.05) is 18.2 Å². The van der Waals surface area contributed by atoms with E-state index in [9.17, 15) is 4.79 Å². The molecule has 1 amide bonds. The molecule has 3 heterocycles. The number of hydrogen-bond donors (Lipinski definition) is 1. The summed E-state index contributed by atoms with van der Waals surface area (Å²) in [4.78, 5) is 18.4. The standard InChI is InChI=1S/C16H12N4O2S/c1-20(16-17-6-7-23-16)15(21)11-9-18-19-14(11)13-8-10-4-2-3-5-12(10)22-13/h2-9H,1H3,(H,18,19). The molecular formula is C16H12N4O2S. The molecule has 0 aliphatic heterocycles. The van der Waals surface area contributed by atoms with Crippen molar-refractivity contribution in [2.45, 2.75) is 0 Å². The first kappa shape index (κ1) is 13.7. The number of carbonyl (C=O) groups excluding carboxylic acids is 1. The number of nitrogens with zero attached hydrogens (tertiary/aromatic N) is 3. The van der Waals surface area contributed by atoms with Crippen molar-refractivity contribution in [1.29, 1.82) is 0 Å². The Kier molecular flexibility index (Phi) is 3.20. The maximum atomic E-state index is 12.7. The van der Waals surface area contributed by atoms with Crippen LogP contribution in [0.15, 0.2) is 52.5 Å². The first-order chi connectivity index (χ1) is 11.2. The van der Waals surface area contributed by atoms with Crippen molar-refractivity contribution < 1.29 is 9.21 Å². The summed E-state index contributed by atoms with van der Waals surface area (Å²) in [5.41, 5.74) is 1.78. The van der Waals surface area contributed by atoms with Crippen LogP contribution in [-0.4, -0.2) is 28.1 Å². The molecule has 0 saturated heterocycles. The average Bonchev–Trinajstić information content (AvgIpc) is 3.32. The van der Waals surface area contributed by atoms with Gasteiger partial charge in [0.25, 0.3) is 5.91 Å². The van der Waals surface area contributed by atoms with Gasteiger partial charge in [0, 0.05) is 24.0 Å². The third-order valence-corrected chi connectivity index (χ3v) is 4.40. The van der Waals surface area contributed by atoms with Gasteiger partial charge in [0.2, 0.25) is 0 Å². The number of fused-ring (bicyclic) bond motifs is 1. The predicted octanol–water partition coefficient (Wildman–Crippen LogP) is 3.56. The number of carbonyl (C=O) groups is 1. The SMILES string of the molecule is CN(C(=O)c1cn[nH]c1-c1cc2ccccc2o1)c1nccs1. The highest BCUT2D eigenvalue weighted by atomic mass is 32.1. The fraction of sp³-hybridized carbons (Fsp3) is 0.0625. The minimum Gasteiger partial charge on any atom is -0.454 e. The molecule has 0 atom stereocenters. The lowest BCUT2D eigenvalue weighted by atomic mass is 10.1. The zero-order chi connectivity index (χ0) is 15.8. The molecule has 0 aliphatic rings. The Bertz CT molecular complexity index is 938. The molecule has 114 valence electrons. The van der Waals surface area contributed by atoms with Gasteiger partial charge in [0.05, 0.1) is 11.8 Å². The van der Waals surface area contributed by atoms with Crippen molar-refractivity contribution in [3.05, 3.63) is 53.7 Å². The van der Waals surface area contributed by atoms with Crippen LogP contribution in [0.4, 0.5) is 5.13 Å². The molecule has 0 unspecified atom stereocenters. The second-order valence-corrected chi connectivity index (χ2v) is 5.86. The van der Waals surface area contributed by atoms with E-state index in [0.29, 0.717) is 22.1 Å². The van der Waals surface area contributed by atoms with Crippen LogP contribution in [-0.2, 0) is 0 Å². The quantitative estimate of drug-likeness (QED) is 0.625. The molecule has 3 aromatic heterocycles. The maximum absolute atomic E-state index is 12.7. The Hall–Kier alpha value is -2.93. The smallest absolute Gasteiger partial charge is 0.263 e. The number of rotatable bonds is 3. The zero-order valence-corrected chi connectivity index (χ0v) is 13.0. The number of nitrogens with one attached hydrogen (secondary N) is 1. The number of benzene rings is 1. The third kappa shape index (κ3) is 2.31. The lowest BCUT2D eigenvalue weighted by molar-refractivity contribution is 0.0993. The Morgan fingerprint density at radius 1 is 1.35 bits per heavy atom. The number of hydrogen-bond acceptors (Lipinski definition) is 5. The lowest BCUT2D eigenvalue weighted by Crippen LogP contribution is -2.26. The number of aromatic amines is 1. The van der Waals surface area contributed by atoms with Crippen LogP contribution in [0.2, 0.25) is 0 Å². The highest BCUT2D eigenvalue weighted by molar-refractivity contribution is 7.13. The van der Waals surface area contributed by atoms with Crippen LogP contribution in [0, 0.1) is 0 Å². The average molecular weight is 324 g/mol. The van der Waals surface area contributed by atoms with E-state index in [1.807, 2.05) is 35.7 Å². The molecule has 0 aliphatic carbocycles. The topological polar surface area (TPSA) is 75.0 Å². The minimum atomic E-state index is -0.191. The van der Waals surface area contributed by atoms with Crippen molar-refractivity contribution >= 4 is 33.3 Å². The van der Waals surface area contributed by atoms with E-state index in [1.165, 1.54) is 22.4 Å². The minimum absolute atomic E-state index is 0.191. The van der Waals surface area contributed by atoms with Gasteiger partial charge >= 0.3 is 0 Å². The zero-order valence-electron chi connectivity index (χ0n) is 12.2. The number of para-hydroxylation sites is 1. The van der Waals surface area contributed by atoms with E-state index in [4.69, 9.17) is 4.42 Å². The third-order valence-electron chi connectivity index (χ3n) is 3.55. The Balaban J connectivity index is 1.74. The van der Waals surface area contributed by atoms with Crippen LogP contribution in [0.3, 0.4) is 0 Å². The van der Waals surface area contributed by atoms with Crippen LogP contribution >= 0.6 is 11.3 Å². The number of anilines is 1. The van der Waals surface area contributed by atoms with Crippen LogP contribution in [0.5, 0.6) is 0 Å². The van der Waals surface area contributed by atoms with Crippen molar-refractivity contribution in [1.82, 2.24) is 15.2 Å². The molecule has 4 rings (SSSR count). The van der Waals surface area contributed by atoms with E-state index in [0.717, 1.165) is 11.0 Å². The molecule has 0 saturated carbocycles. The molecular weight excluding hydrogens is 312 g/mol. The van der Waals surface area contributed by atoms with Crippen LogP contribution < -0.4 is 4.90 Å². The van der Waals surface area contributed by atoms with Crippen molar-refractivity contribution in [3.8, 4) is 11.5 Å². The fourth-order valence-electron chi connectivity index (χ4n) is 2.39. The van der Waals surface area contributed by atoms with Crippen LogP contribution in [0.25, 0.3) is 22.4 Å². The van der Waals surface area contributed by atoms with E-state index in [1.54, 1.807) is 13.2 Å². The summed E-state index contributed by atoms with van der Waals surface area (Å²) in [5, 5.41) is 10.3. The van der Waals surface area contributed by atoms with Crippen LogP contribution in [0.1, 0.15) is 10.4 Å². The van der Waals surface area contributed by atoms with E-state index < -0.39 is 0 Å². The molecule has 0 bridgehead atoms. The summed E-state index contributed by atoms with van der Waals surface area (Å²) < 4.78 is 5.82. The molecule has 0 fully saturated rings. The fourth-order valence-corrected chi connectivity index (χ4v) is 3.00. The highest BCUT2D eigenvalue weighted by Crippen LogP contribution is 2.29. The van der Waals surface area contributed by atoms with E-state index in [-0.39, 0.29) is 5.91 Å². The number of amides is 1. The number of thiazole rings is 1. The molecule has 4 aromatic rings. The molecule has 7 heteroatoms. The monoisotopic (exact) mass is 324 g/mol. The largest absolute Gasteiger partial charge is 0.454 e. The Morgan fingerprint density at radius 3 is 3.00 bits per heavy atom. The first-order valence-electron chi connectivity index (χ1n) is 6.94. The van der Waals surface area contributed by atoms with Gasteiger partial charge < -0.3 is 4.42 Å². The molecule has 6 nitrogen and oxygen atoms in total. The number of aromatic nitrogens is 3. The van der Waals surface area contributed by atoms with Gasteiger partial charge in [0.15, 0.2) is 10.9 Å². The van der Waals surface area contributed by atoms with Crippen molar-refractivity contribution in [2.75, 3.05) is 11.9 Å². The summed E-state index contributed by atoms with van der Waals surface area (Å²) in [6.07, 6.45) is 3.17. The second-order valence-electron chi connectivity index (χ2n) is 4.99. The first-order valence-corrected chi connectivity index (χ1v) is 7.82. The molecule has 1 N–H and O–H groups in total. The summed E-state index contributed by atoms with van der Waals surface area (Å²) in [6.45, 7) is 0. The van der Waals surface area contributed by atoms with Gasteiger partial charge in [-0.2, -0.15) is 5.10 Å². The highest BCUT2D eigenvalue weighted by Gasteiger charge is 2.23. The second kappa shape index (κ2) is 5.36. The molecule has 0 spiro atoms. The van der Waals surface area contributed by atoms with Gasteiger partial charge in [-0.15, -0.1) is 11.3 Å². The summed E-state index contributed by atoms with van der Waals surface area (Å²) in [6, 6.07) is 9.59. The van der Waals surface area contributed by atoms with Gasteiger partial charge in [-0.25, -0.2) is 4.98 Å². The summed E-state index contributed by atoms with van der Waals surface area (Å²) in [5.74, 6) is 0.392. The normalized spacial score (nSPS) is 11.0. The van der Waals surface area contributed by atoms with Crippen molar-refractivity contribution in [2.24, 2.45) is 0 Å². The van der Waals surface area contributed by atoms with E-state index in [2.05, 4.69) is 15.2 Å². The number of furan rings is 1. The number of H-pyrrole nitrogens is 1. The summed E-state index contributed by atoms with van der Waals surface area (Å²) in [7, 11) is 1.69. The van der Waals surface area contributed by atoms with Gasteiger partial charge in [0.1, 0.15) is 11.3 Å². The Labute approximate surface area is 135 Å². The Morgan fingerprint density at radius 2 is 2.22 bits per heavy atom. The maximum Gasteiger partial charge on any atom is 0.263 e.